The number of imidazole rings is 1. The van der Waals surface area contributed by atoms with Crippen LogP contribution in [0.4, 0.5) is 0 Å². The molecule has 5 nitrogen and oxygen atoms in total. The Balaban J connectivity index is 2.33. The molecule has 0 aliphatic rings. The molecule has 2 aromatic heterocycles. The summed E-state index contributed by atoms with van der Waals surface area (Å²) in [5.74, 6) is 0.940. The summed E-state index contributed by atoms with van der Waals surface area (Å²) in [5.41, 5.74) is 1.87. The summed E-state index contributed by atoms with van der Waals surface area (Å²) in [6.07, 6.45) is 2.59. The van der Waals surface area contributed by atoms with Crippen LogP contribution < -0.4 is 0 Å². The Hall–Kier alpha value is -1.98. The Bertz CT molecular complexity index is 849. The van der Waals surface area contributed by atoms with Crippen LogP contribution in [0.5, 0.6) is 0 Å². The van der Waals surface area contributed by atoms with Crippen LogP contribution in [-0.2, 0) is 11.2 Å². The summed E-state index contributed by atoms with van der Waals surface area (Å²) in [7, 11) is 0. The van der Waals surface area contributed by atoms with Gasteiger partial charge in [0.05, 0.1) is 35.5 Å². The van der Waals surface area contributed by atoms with Gasteiger partial charge in [0.1, 0.15) is 11.3 Å². The van der Waals surface area contributed by atoms with Gasteiger partial charge in [-0.15, -0.1) is 0 Å². The van der Waals surface area contributed by atoms with Gasteiger partial charge in [-0.25, -0.2) is 4.98 Å². The number of ether oxygens (including phenoxy) is 1. The first-order valence-corrected chi connectivity index (χ1v) is 8.52. The van der Waals surface area contributed by atoms with E-state index < -0.39 is 5.60 Å². The van der Waals surface area contributed by atoms with E-state index in [9.17, 15) is 5.11 Å². The highest BCUT2D eigenvalue weighted by Gasteiger charge is 2.32. The summed E-state index contributed by atoms with van der Waals surface area (Å²) in [6, 6.07) is 7.83. The normalized spacial score (nSPS) is 13.7. The lowest BCUT2D eigenvalue weighted by molar-refractivity contribution is -0.0191. The minimum absolute atomic E-state index is 0.219. The molecule has 1 aromatic carbocycles. The van der Waals surface area contributed by atoms with Gasteiger partial charge in [-0.3, -0.25) is 4.98 Å². The number of benzene rings is 1. The molecule has 5 heteroatoms. The first kappa shape index (κ1) is 16.9. The Labute approximate surface area is 142 Å². The number of fused-ring (bicyclic) bond motifs is 3. The number of aliphatic hydroxyl groups is 1. The molecule has 2 heterocycles. The van der Waals surface area contributed by atoms with Crippen LogP contribution in [0.15, 0.2) is 30.5 Å². The number of aromatic nitrogens is 3. The first-order chi connectivity index (χ1) is 11.5. The van der Waals surface area contributed by atoms with E-state index in [1.54, 1.807) is 0 Å². The molecule has 0 fully saturated rings. The van der Waals surface area contributed by atoms with E-state index in [0.29, 0.717) is 13.2 Å². The summed E-state index contributed by atoms with van der Waals surface area (Å²) < 4.78 is 7.83. The first-order valence-electron chi connectivity index (χ1n) is 8.52. The molecular formula is C19H25N3O2. The van der Waals surface area contributed by atoms with Crippen molar-refractivity contribution in [3.05, 3.63) is 36.3 Å². The molecule has 128 valence electrons. The lowest BCUT2D eigenvalue weighted by Crippen LogP contribution is -2.37. The smallest absolute Gasteiger partial charge is 0.110 e. The van der Waals surface area contributed by atoms with E-state index in [-0.39, 0.29) is 6.04 Å². The maximum Gasteiger partial charge on any atom is 0.110 e. The topological polar surface area (TPSA) is 60.2 Å². The molecule has 0 saturated heterocycles. The van der Waals surface area contributed by atoms with Crippen molar-refractivity contribution in [2.75, 3.05) is 13.2 Å². The second kappa shape index (κ2) is 6.49. The van der Waals surface area contributed by atoms with Crippen LogP contribution in [0.2, 0.25) is 0 Å². The molecule has 3 aromatic rings. The predicted molar refractivity (Wildman–Crippen MR) is 96.2 cm³/mol. The molecule has 0 spiro atoms. The van der Waals surface area contributed by atoms with Crippen LogP contribution >= 0.6 is 0 Å². The standard InChI is InChI=1S/C19H25N3O2/c1-5-17-21-15-11-20-14-10-8-7-9-13(14)18(15)22(17)16(12-24-6-2)19(3,4)23/h7-11,16,23H,5-6,12H2,1-4H3/t16-/m1/s1. The quantitative estimate of drug-likeness (QED) is 0.753. The van der Waals surface area contributed by atoms with E-state index in [2.05, 4.69) is 22.5 Å². The molecule has 0 amide bonds. The third-order valence-electron chi connectivity index (χ3n) is 4.42. The van der Waals surface area contributed by atoms with Crippen molar-refractivity contribution in [2.24, 2.45) is 0 Å². The number of hydrogen-bond donors (Lipinski definition) is 1. The molecule has 3 rings (SSSR count). The zero-order chi connectivity index (χ0) is 17.3. The van der Waals surface area contributed by atoms with E-state index >= 15 is 0 Å². The van der Waals surface area contributed by atoms with Gasteiger partial charge < -0.3 is 14.4 Å². The van der Waals surface area contributed by atoms with Gasteiger partial charge in [0.25, 0.3) is 0 Å². The highest BCUT2D eigenvalue weighted by atomic mass is 16.5. The molecule has 0 bridgehead atoms. The zero-order valence-corrected chi connectivity index (χ0v) is 14.8. The Kier molecular flexibility index (Phi) is 4.56. The largest absolute Gasteiger partial charge is 0.388 e. The molecule has 1 atom stereocenters. The van der Waals surface area contributed by atoms with Gasteiger partial charge >= 0.3 is 0 Å². The van der Waals surface area contributed by atoms with E-state index in [0.717, 1.165) is 34.2 Å². The molecule has 0 radical (unpaired) electrons. The van der Waals surface area contributed by atoms with Gasteiger partial charge in [-0.1, -0.05) is 25.1 Å². The van der Waals surface area contributed by atoms with E-state index in [1.807, 2.05) is 45.2 Å². The third-order valence-corrected chi connectivity index (χ3v) is 4.42. The number of pyridine rings is 1. The highest BCUT2D eigenvalue weighted by molar-refractivity contribution is 6.02. The number of rotatable bonds is 6. The summed E-state index contributed by atoms with van der Waals surface area (Å²) in [6.45, 7) is 8.75. The van der Waals surface area contributed by atoms with Crippen LogP contribution in [0.1, 0.15) is 39.6 Å². The summed E-state index contributed by atoms with van der Waals surface area (Å²) >= 11 is 0. The average Bonchev–Trinajstić information content (AvgIpc) is 2.93. The lowest BCUT2D eigenvalue weighted by Gasteiger charge is -2.32. The fourth-order valence-corrected chi connectivity index (χ4v) is 3.18. The molecule has 1 N–H and O–H groups in total. The van der Waals surface area contributed by atoms with E-state index in [4.69, 9.17) is 9.72 Å². The van der Waals surface area contributed by atoms with Gasteiger partial charge in [-0.2, -0.15) is 0 Å². The predicted octanol–water partition coefficient (Wildman–Crippen LogP) is 3.50. The number of para-hydroxylation sites is 1. The van der Waals surface area contributed by atoms with Crippen molar-refractivity contribution in [1.82, 2.24) is 14.5 Å². The second-order valence-electron chi connectivity index (χ2n) is 6.59. The molecule has 0 aliphatic heterocycles. The zero-order valence-electron chi connectivity index (χ0n) is 14.8. The molecule has 0 unspecified atom stereocenters. The average molecular weight is 327 g/mol. The Morgan fingerprint density at radius 3 is 2.62 bits per heavy atom. The van der Waals surface area contributed by atoms with Crippen LogP contribution in [0.3, 0.4) is 0 Å². The van der Waals surface area contributed by atoms with Crippen LogP contribution in [-0.4, -0.2) is 38.5 Å². The van der Waals surface area contributed by atoms with Crippen molar-refractivity contribution in [1.29, 1.82) is 0 Å². The highest BCUT2D eigenvalue weighted by Crippen LogP contribution is 2.32. The fraction of sp³-hybridized carbons (Fsp3) is 0.474. The summed E-state index contributed by atoms with van der Waals surface area (Å²) in [5, 5.41) is 11.8. The van der Waals surface area contributed by atoms with Crippen LogP contribution in [0, 0.1) is 0 Å². The SMILES string of the molecule is CCOC[C@@H](n1c(CC)nc2cnc3ccccc3c21)C(C)(C)O. The number of aryl methyl sites for hydroxylation is 1. The fourth-order valence-electron chi connectivity index (χ4n) is 3.18. The number of hydrogen-bond acceptors (Lipinski definition) is 4. The molecule has 0 saturated carbocycles. The van der Waals surface area contributed by atoms with Gasteiger partial charge in [0.2, 0.25) is 0 Å². The van der Waals surface area contributed by atoms with Gasteiger partial charge in [-0.05, 0) is 26.8 Å². The molecular weight excluding hydrogens is 302 g/mol. The van der Waals surface area contributed by atoms with Crippen molar-refractivity contribution in [3.63, 3.8) is 0 Å². The molecule has 24 heavy (non-hydrogen) atoms. The minimum Gasteiger partial charge on any atom is -0.388 e. The van der Waals surface area contributed by atoms with Crippen molar-refractivity contribution >= 4 is 21.9 Å². The Morgan fingerprint density at radius 2 is 1.96 bits per heavy atom. The van der Waals surface area contributed by atoms with Crippen LogP contribution in [0.25, 0.3) is 21.9 Å². The number of nitrogens with zero attached hydrogens (tertiary/aromatic N) is 3. The summed E-state index contributed by atoms with van der Waals surface area (Å²) in [4.78, 5) is 9.27. The third kappa shape index (κ3) is 2.89. The van der Waals surface area contributed by atoms with Crippen molar-refractivity contribution in [2.45, 2.75) is 45.8 Å². The Morgan fingerprint density at radius 1 is 1.21 bits per heavy atom. The van der Waals surface area contributed by atoms with Crippen molar-refractivity contribution < 1.29 is 9.84 Å². The minimum atomic E-state index is -0.933. The lowest BCUT2D eigenvalue weighted by atomic mass is 9.98. The second-order valence-corrected chi connectivity index (χ2v) is 6.59. The van der Waals surface area contributed by atoms with Gasteiger partial charge in [0.15, 0.2) is 0 Å². The van der Waals surface area contributed by atoms with Crippen molar-refractivity contribution in [3.8, 4) is 0 Å². The van der Waals surface area contributed by atoms with Gasteiger partial charge in [0, 0.05) is 18.4 Å². The van der Waals surface area contributed by atoms with E-state index in [1.165, 1.54) is 0 Å². The molecule has 0 aliphatic carbocycles. The maximum absolute atomic E-state index is 10.8. The monoisotopic (exact) mass is 327 g/mol. The maximum atomic E-state index is 10.8.